The average Bonchev–Trinajstić information content (AvgIpc) is 3.23. The van der Waals surface area contributed by atoms with Crippen molar-refractivity contribution in [1.82, 2.24) is 14.5 Å². The second-order valence-corrected chi connectivity index (χ2v) is 7.64. The molecule has 0 radical (unpaired) electrons. The Labute approximate surface area is 163 Å². The Bertz CT molecular complexity index is 1030. The van der Waals surface area contributed by atoms with Crippen molar-refractivity contribution in [3.63, 3.8) is 0 Å². The van der Waals surface area contributed by atoms with Crippen molar-refractivity contribution in [2.75, 3.05) is 25.6 Å². The molecule has 8 nitrogen and oxygen atoms in total. The Morgan fingerprint density at radius 3 is 2.61 bits per heavy atom. The van der Waals surface area contributed by atoms with E-state index in [9.17, 15) is 13.2 Å². The van der Waals surface area contributed by atoms with Gasteiger partial charge in [-0.2, -0.15) is 5.10 Å². The lowest BCUT2D eigenvalue weighted by Gasteiger charge is -2.09. The van der Waals surface area contributed by atoms with Gasteiger partial charge in [-0.3, -0.25) is 4.79 Å². The largest absolute Gasteiger partial charge is 0.383 e. The monoisotopic (exact) mass is 400 g/mol. The summed E-state index contributed by atoms with van der Waals surface area (Å²) >= 11 is 0. The minimum atomic E-state index is -3.64. The van der Waals surface area contributed by atoms with Crippen molar-refractivity contribution < 1.29 is 17.9 Å². The number of benzene rings is 2. The molecule has 0 fully saturated rings. The maximum atomic E-state index is 12.5. The van der Waals surface area contributed by atoms with E-state index in [1.54, 1.807) is 29.2 Å². The first-order valence-corrected chi connectivity index (χ1v) is 9.98. The van der Waals surface area contributed by atoms with Crippen LogP contribution < -0.4 is 10.0 Å². The van der Waals surface area contributed by atoms with Gasteiger partial charge >= 0.3 is 0 Å². The number of anilines is 1. The number of carbonyl (C=O) groups is 1. The number of aromatic nitrogens is 2. The average molecular weight is 400 g/mol. The summed E-state index contributed by atoms with van der Waals surface area (Å²) in [4.78, 5) is 12.6. The van der Waals surface area contributed by atoms with Crippen molar-refractivity contribution in [2.24, 2.45) is 0 Å². The second kappa shape index (κ2) is 8.79. The van der Waals surface area contributed by atoms with E-state index in [4.69, 9.17) is 4.74 Å². The summed E-state index contributed by atoms with van der Waals surface area (Å²) in [6, 6.07) is 14.8. The molecule has 1 aromatic heterocycles. The molecule has 0 spiro atoms. The molecule has 2 aromatic carbocycles. The number of hydrogen-bond acceptors (Lipinski definition) is 5. The quantitative estimate of drug-likeness (QED) is 0.564. The van der Waals surface area contributed by atoms with E-state index in [-0.39, 0.29) is 24.0 Å². The second-order valence-electron chi connectivity index (χ2n) is 5.87. The van der Waals surface area contributed by atoms with Crippen molar-refractivity contribution >= 4 is 21.6 Å². The van der Waals surface area contributed by atoms with E-state index < -0.39 is 10.0 Å². The summed E-state index contributed by atoms with van der Waals surface area (Å²) in [7, 11) is -2.14. The molecule has 0 unspecified atom stereocenters. The Kier molecular flexibility index (Phi) is 6.19. The molecule has 146 valence electrons. The fourth-order valence-corrected chi connectivity index (χ4v) is 3.51. The lowest BCUT2D eigenvalue weighted by atomic mass is 10.2. The summed E-state index contributed by atoms with van der Waals surface area (Å²) in [6.45, 7) is 0.449. The zero-order valence-corrected chi connectivity index (χ0v) is 16.0. The lowest BCUT2D eigenvalue weighted by molar-refractivity contribution is 0.102. The predicted molar refractivity (Wildman–Crippen MR) is 105 cm³/mol. The van der Waals surface area contributed by atoms with Gasteiger partial charge in [0.1, 0.15) is 0 Å². The third kappa shape index (κ3) is 4.83. The van der Waals surface area contributed by atoms with Crippen molar-refractivity contribution in [3.05, 3.63) is 72.6 Å². The molecule has 0 aliphatic heterocycles. The molecular formula is C19H20N4O4S. The van der Waals surface area contributed by atoms with Crippen molar-refractivity contribution in [2.45, 2.75) is 4.90 Å². The molecule has 2 N–H and O–H groups in total. The van der Waals surface area contributed by atoms with Gasteiger partial charge in [0.15, 0.2) is 0 Å². The third-order valence-electron chi connectivity index (χ3n) is 3.90. The van der Waals surface area contributed by atoms with Crippen LogP contribution in [0.15, 0.2) is 71.9 Å². The minimum absolute atomic E-state index is 0.0841. The van der Waals surface area contributed by atoms with E-state index in [1.807, 2.05) is 18.2 Å². The van der Waals surface area contributed by atoms with Crippen molar-refractivity contribution in [1.29, 1.82) is 0 Å². The molecule has 1 amide bonds. The summed E-state index contributed by atoms with van der Waals surface area (Å²) in [5, 5.41) is 6.96. The molecule has 0 aliphatic carbocycles. The smallest absolute Gasteiger partial charge is 0.255 e. The standard InChI is InChI=1S/C19H20N4O4S/c1-27-13-11-21-28(25,26)18-8-6-15(7-9-18)19(24)22-16-4-2-5-17(14-16)23-12-3-10-20-23/h2-10,12,14,21H,11,13H2,1H3,(H,22,24). The third-order valence-corrected chi connectivity index (χ3v) is 5.37. The van der Waals surface area contributed by atoms with Crippen LogP contribution in [-0.4, -0.2) is 44.4 Å². The highest BCUT2D eigenvalue weighted by Crippen LogP contribution is 2.16. The van der Waals surface area contributed by atoms with Gasteiger partial charge in [0.25, 0.3) is 5.91 Å². The molecule has 9 heteroatoms. The first kappa shape index (κ1) is 19.7. The van der Waals surface area contributed by atoms with Crippen LogP contribution in [0.3, 0.4) is 0 Å². The fraction of sp³-hybridized carbons (Fsp3) is 0.158. The fourth-order valence-electron chi connectivity index (χ4n) is 2.50. The Morgan fingerprint density at radius 1 is 1.14 bits per heavy atom. The van der Waals surface area contributed by atoms with Gasteiger partial charge in [0, 0.05) is 37.3 Å². The molecule has 3 aromatic rings. The SMILES string of the molecule is COCCNS(=O)(=O)c1ccc(C(=O)Nc2cccc(-n3cccn3)c2)cc1. The lowest BCUT2D eigenvalue weighted by Crippen LogP contribution is -2.27. The van der Waals surface area contributed by atoms with Crippen molar-refractivity contribution in [3.8, 4) is 5.69 Å². The van der Waals surface area contributed by atoms with Crippen LogP contribution in [0, 0.1) is 0 Å². The Hall–Kier alpha value is -3.01. The zero-order valence-electron chi connectivity index (χ0n) is 15.2. The molecule has 3 rings (SSSR count). The number of ether oxygens (including phenoxy) is 1. The number of nitrogens with zero attached hydrogens (tertiary/aromatic N) is 2. The van der Waals surface area contributed by atoms with Gasteiger partial charge in [-0.15, -0.1) is 0 Å². The van der Waals surface area contributed by atoms with Crippen LogP contribution in [0.25, 0.3) is 5.69 Å². The molecule has 1 heterocycles. The Morgan fingerprint density at radius 2 is 1.93 bits per heavy atom. The van der Waals surface area contributed by atoms with Crippen LogP contribution in [0.2, 0.25) is 0 Å². The topological polar surface area (TPSA) is 102 Å². The van der Waals surface area contributed by atoms with Gasteiger partial charge in [-0.05, 0) is 48.5 Å². The maximum absolute atomic E-state index is 12.5. The summed E-state index contributed by atoms with van der Waals surface area (Å²) in [5.41, 5.74) is 1.77. The number of methoxy groups -OCH3 is 1. The normalized spacial score (nSPS) is 11.3. The van der Waals surface area contributed by atoms with Gasteiger partial charge in [-0.25, -0.2) is 17.8 Å². The first-order valence-electron chi connectivity index (χ1n) is 8.50. The van der Waals surface area contributed by atoms with Crippen LogP contribution in [0.1, 0.15) is 10.4 Å². The number of amides is 1. The predicted octanol–water partition coefficient (Wildman–Crippen LogP) is 2.05. The summed E-state index contributed by atoms with van der Waals surface area (Å²) in [6.07, 6.45) is 3.48. The molecule has 0 aliphatic rings. The summed E-state index contributed by atoms with van der Waals surface area (Å²) in [5.74, 6) is -0.339. The van der Waals surface area contributed by atoms with Gasteiger partial charge in [0.05, 0.1) is 17.2 Å². The van der Waals surface area contributed by atoms with Crippen LogP contribution in [-0.2, 0) is 14.8 Å². The highest BCUT2D eigenvalue weighted by atomic mass is 32.2. The molecule has 28 heavy (non-hydrogen) atoms. The molecule has 0 atom stereocenters. The maximum Gasteiger partial charge on any atom is 0.255 e. The number of nitrogens with one attached hydrogen (secondary N) is 2. The van der Waals surface area contributed by atoms with Crippen LogP contribution >= 0.6 is 0 Å². The number of hydrogen-bond donors (Lipinski definition) is 2. The summed E-state index contributed by atoms with van der Waals surface area (Å²) < 4.78 is 33.2. The highest BCUT2D eigenvalue weighted by Gasteiger charge is 2.14. The van der Waals surface area contributed by atoms with Gasteiger partial charge in [-0.1, -0.05) is 6.07 Å². The van der Waals surface area contributed by atoms with Gasteiger partial charge in [0.2, 0.25) is 10.0 Å². The number of carbonyl (C=O) groups excluding carboxylic acids is 1. The van der Waals surface area contributed by atoms with Gasteiger partial charge < -0.3 is 10.1 Å². The zero-order chi connectivity index (χ0) is 20.0. The molecular weight excluding hydrogens is 380 g/mol. The van der Waals surface area contributed by atoms with E-state index in [0.717, 1.165) is 5.69 Å². The van der Waals surface area contributed by atoms with E-state index in [2.05, 4.69) is 15.1 Å². The van der Waals surface area contributed by atoms with Crippen LogP contribution in [0.4, 0.5) is 5.69 Å². The first-order chi connectivity index (χ1) is 13.5. The van der Waals surface area contributed by atoms with E-state index in [1.165, 1.54) is 31.4 Å². The molecule has 0 bridgehead atoms. The number of rotatable bonds is 8. The van der Waals surface area contributed by atoms with E-state index >= 15 is 0 Å². The minimum Gasteiger partial charge on any atom is -0.383 e. The molecule has 0 saturated heterocycles. The highest BCUT2D eigenvalue weighted by molar-refractivity contribution is 7.89. The molecule has 0 saturated carbocycles. The number of sulfonamides is 1. The Balaban J connectivity index is 1.69. The van der Waals surface area contributed by atoms with E-state index in [0.29, 0.717) is 11.3 Å². The van der Waals surface area contributed by atoms with Crippen LogP contribution in [0.5, 0.6) is 0 Å².